The third-order valence-corrected chi connectivity index (χ3v) is 4.30. The van der Waals surface area contributed by atoms with Crippen LogP contribution in [0, 0.1) is 0 Å². The highest BCUT2D eigenvalue weighted by molar-refractivity contribution is 7.90. The highest BCUT2D eigenvalue weighted by atomic mass is 32.2. The topological polar surface area (TPSA) is 109 Å². The second-order valence-corrected chi connectivity index (χ2v) is 5.37. The van der Waals surface area contributed by atoms with E-state index in [1.54, 1.807) is 0 Å². The molecule has 1 aromatic rings. The largest absolute Gasteiger partial charge is 0.504 e. The minimum absolute atomic E-state index is 0.0463. The first kappa shape index (κ1) is 9.99. The van der Waals surface area contributed by atoms with Crippen molar-refractivity contribution in [2.45, 2.75) is 4.90 Å². The number of rotatable bonds is 1. The zero-order chi connectivity index (χ0) is 11.2. The molecular formula is C7H6N2O4S2. The Kier molecular flexibility index (Phi) is 1.98. The maximum absolute atomic E-state index is 11.5. The van der Waals surface area contributed by atoms with Crippen LogP contribution in [-0.4, -0.2) is 19.4 Å². The SMILES string of the molecule is NC(=O)C1=C(O)c2sccc2S(=O)(=O)N1. The molecule has 4 N–H and O–H groups in total. The third-order valence-electron chi connectivity index (χ3n) is 1.85. The summed E-state index contributed by atoms with van der Waals surface area (Å²) < 4.78 is 25.0. The molecule has 1 aromatic heterocycles. The number of sulfonamides is 1. The van der Waals surface area contributed by atoms with Gasteiger partial charge in [0.2, 0.25) is 0 Å². The Balaban J connectivity index is 2.76. The number of carbonyl (C=O) groups is 1. The summed E-state index contributed by atoms with van der Waals surface area (Å²) in [4.78, 5) is 10.9. The van der Waals surface area contributed by atoms with Gasteiger partial charge in [-0.15, -0.1) is 11.3 Å². The summed E-state index contributed by atoms with van der Waals surface area (Å²) in [6.07, 6.45) is 0. The molecule has 80 valence electrons. The highest BCUT2D eigenvalue weighted by Crippen LogP contribution is 2.32. The molecule has 0 radical (unpaired) electrons. The van der Waals surface area contributed by atoms with E-state index in [1.165, 1.54) is 11.4 Å². The predicted octanol–water partition coefficient (Wildman–Crippen LogP) is -0.248. The van der Waals surface area contributed by atoms with Crippen LogP contribution in [0.5, 0.6) is 0 Å². The molecule has 0 saturated carbocycles. The van der Waals surface area contributed by atoms with Crippen LogP contribution in [0.1, 0.15) is 4.88 Å². The quantitative estimate of drug-likeness (QED) is 0.634. The monoisotopic (exact) mass is 246 g/mol. The normalized spacial score (nSPS) is 18.1. The number of nitrogens with two attached hydrogens (primary N) is 1. The van der Waals surface area contributed by atoms with Crippen molar-refractivity contribution in [3.63, 3.8) is 0 Å². The van der Waals surface area contributed by atoms with Gasteiger partial charge in [0.05, 0.1) is 4.88 Å². The number of thiophene rings is 1. The van der Waals surface area contributed by atoms with E-state index in [1.807, 2.05) is 4.72 Å². The number of aliphatic hydroxyl groups is 1. The van der Waals surface area contributed by atoms with Crippen LogP contribution in [0.15, 0.2) is 22.0 Å². The third kappa shape index (κ3) is 1.38. The molecule has 15 heavy (non-hydrogen) atoms. The summed E-state index contributed by atoms with van der Waals surface area (Å²) in [6, 6.07) is 1.34. The van der Waals surface area contributed by atoms with E-state index < -0.39 is 27.4 Å². The smallest absolute Gasteiger partial charge is 0.269 e. The van der Waals surface area contributed by atoms with Crippen LogP contribution in [0.3, 0.4) is 0 Å². The maximum atomic E-state index is 11.5. The van der Waals surface area contributed by atoms with E-state index >= 15 is 0 Å². The Morgan fingerprint density at radius 2 is 2.20 bits per heavy atom. The summed E-state index contributed by atoms with van der Waals surface area (Å²) in [5.41, 5.74) is 4.43. The molecule has 0 aliphatic carbocycles. The fraction of sp³-hybridized carbons (Fsp3) is 0. The van der Waals surface area contributed by atoms with Gasteiger partial charge in [0, 0.05) is 0 Å². The van der Waals surface area contributed by atoms with Crippen molar-refractivity contribution >= 4 is 33.0 Å². The summed E-state index contributed by atoms with van der Waals surface area (Å²) in [6.45, 7) is 0. The van der Waals surface area contributed by atoms with Crippen molar-refractivity contribution in [2.24, 2.45) is 5.73 Å². The van der Waals surface area contributed by atoms with E-state index in [4.69, 9.17) is 5.73 Å². The lowest BCUT2D eigenvalue weighted by molar-refractivity contribution is -0.114. The first-order chi connectivity index (χ1) is 6.93. The first-order valence-corrected chi connectivity index (χ1v) is 6.13. The van der Waals surface area contributed by atoms with Crippen LogP contribution >= 0.6 is 11.3 Å². The van der Waals surface area contributed by atoms with Crippen molar-refractivity contribution < 1.29 is 18.3 Å². The molecule has 6 nitrogen and oxygen atoms in total. The lowest BCUT2D eigenvalue weighted by atomic mass is 10.3. The van der Waals surface area contributed by atoms with Crippen molar-refractivity contribution in [2.75, 3.05) is 0 Å². The van der Waals surface area contributed by atoms with Crippen LogP contribution in [0.2, 0.25) is 0 Å². The number of carbonyl (C=O) groups excluding carboxylic acids is 1. The number of hydrogen-bond acceptors (Lipinski definition) is 5. The van der Waals surface area contributed by atoms with E-state index in [2.05, 4.69) is 0 Å². The average Bonchev–Trinajstić information content (AvgIpc) is 2.60. The van der Waals surface area contributed by atoms with Crippen molar-refractivity contribution in [3.05, 3.63) is 22.0 Å². The molecule has 1 amide bonds. The number of primary amides is 1. The molecule has 1 aliphatic rings. The van der Waals surface area contributed by atoms with Crippen LogP contribution < -0.4 is 10.5 Å². The Hall–Kier alpha value is -1.54. The van der Waals surface area contributed by atoms with Gasteiger partial charge in [0.15, 0.2) is 11.5 Å². The Labute approximate surface area is 89.1 Å². The molecule has 0 bridgehead atoms. The standard InChI is InChI=1S/C7H6N2O4S2/c8-7(11)4-5(10)6-3(1-2-14-6)15(12,13)9-4/h1-2,9-10H,(H2,8,11). The molecule has 1 aliphatic heterocycles. The van der Waals surface area contributed by atoms with Crippen molar-refractivity contribution in [1.29, 1.82) is 0 Å². The van der Waals surface area contributed by atoms with E-state index in [0.717, 1.165) is 11.3 Å². The Morgan fingerprint density at radius 3 is 2.80 bits per heavy atom. The molecule has 0 fully saturated rings. The first-order valence-electron chi connectivity index (χ1n) is 3.77. The second kappa shape index (κ2) is 2.97. The molecule has 0 spiro atoms. The summed E-state index contributed by atoms with van der Waals surface area (Å²) in [5.74, 6) is -1.45. The number of hydrogen-bond donors (Lipinski definition) is 3. The molecule has 2 heterocycles. The molecule has 8 heteroatoms. The summed E-state index contributed by atoms with van der Waals surface area (Å²) in [7, 11) is -3.78. The van der Waals surface area contributed by atoms with Gasteiger partial charge < -0.3 is 10.8 Å². The zero-order valence-corrected chi connectivity index (χ0v) is 8.85. The maximum Gasteiger partial charge on any atom is 0.269 e. The molecular weight excluding hydrogens is 240 g/mol. The zero-order valence-electron chi connectivity index (χ0n) is 7.22. The minimum Gasteiger partial charge on any atom is -0.504 e. The van der Waals surface area contributed by atoms with Crippen molar-refractivity contribution in [3.8, 4) is 0 Å². The van der Waals surface area contributed by atoms with E-state index in [0.29, 0.717) is 0 Å². The van der Waals surface area contributed by atoms with Gasteiger partial charge in [-0.25, -0.2) is 8.42 Å². The molecule has 0 aromatic carbocycles. The number of fused-ring (bicyclic) bond motifs is 1. The number of amides is 1. The second-order valence-electron chi connectivity index (χ2n) is 2.81. The van der Waals surface area contributed by atoms with Gasteiger partial charge in [0.25, 0.3) is 15.9 Å². The van der Waals surface area contributed by atoms with Gasteiger partial charge in [-0.1, -0.05) is 0 Å². The molecule has 0 atom stereocenters. The average molecular weight is 246 g/mol. The Bertz CT molecular complexity index is 570. The molecule has 0 unspecified atom stereocenters. The van der Waals surface area contributed by atoms with Gasteiger partial charge in [-0.05, 0) is 11.4 Å². The van der Waals surface area contributed by atoms with Crippen LogP contribution in [0.4, 0.5) is 0 Å². The van der Waals surface area contributed by atoms with Crippen LogP contribution in [0.25, 0.3) is 5.76 Å². The van der Waals surface area contributed by atoms with Gasteiger partial charge in [-0.2, -0.15) is 0 Å². The fourth-order valence-corrected chi connectivity index (χ4v) is 3.66. The number of nitrogens with one attached hydrogen (secondary N) is 1. The summed E-state index contributed by atoms with van der Waals surface area (Å²) in [5, 5.41) is 11.1. The molecule has 0 saturated heterocycles. The van der Waals surface area contributed by atoms with Crippen molar-refractivity contribution in [1.82, 2.24) is 4.72 Å². The summed E-state index contributed by atoms with van der Waals surface area (Å²) >= 11 is 1.02. The van der Waals surface area contributed by atoms with Gasteiger partial charge >= 0.3 is 0 Å². The molecule has 2 rings (SSSR count). The van der Waals surface area contributed by atoms with E-state index in [9.17, 15) is 18.3 Å². The van der Waals surface area contributed by atoms with E-state index in [-0.39, 0.29) is 9.77 Å². The Morgan fingerprint density at radius 1 is 1.53 bits per heavy atom. The van der Waals surface area contributed by atoms with Gasteiger partial charge in [0.1, 0.15) is 4.90 Å². The minimum atomic E-state index is -3.78. The fourth-order valence-electron chi connectivity index (χ4n) is 1.20. The highest BCUT2D eigenvalue weighted by Gasteiger charge is 2.32. The predicted molar refractivity (Wildman–Crippen MR) is 53.4 cm³/mol. The lowest BCUT2D eigenvalue weighted by Gasteiger charge is -2.16. The van der Waals surface area contributed by atoms with Crippen LogP contribution in [-0.2, 0) is 14.8 Å². The van der Waals surface area contributed by atoms with Gasteiger partial charge in [-0.3, -0.25) is 9.52 Å². The lowest BCUT2D eigenvalue weighted by Crippen LogP contribution is -2.35. The number of aliphatic hydroxyl groups excluding tert-OH is 1.